The molecule has 30 heavy (non-hydrogen) atoms. The number of aromatic nitrogens is 2. The first-order valence-corrected chi connectivity index (χ1v) is 10.3. The summed E-state index contributed by atoms with van der Waals surface area (Å²) in [4.78, 5) is 7.59. The summed E-state index contributed by atoms with van der Waals surface area (Å²) < 4.78 is 14.1. The van der Waals surface area contributed by atoms with Gasteiger partial charge in [0, 0.05) is 53.1 Å². The minimum Gasteiger partial charge on any atom is -0.383 e. The van der Waals surface area contributed by atoms with Crippen molar-refractivity contribution < 1.29 is 4.39 Å². The van der Waals surface area contributed by atoms with Gasteiger partial charge in [0.05, 0.1) is 0 Å². The van der Waals surface area contributed by atoms with Crippen LogP contribution in [0, 0.1) is 5.82 Å². The van der Waals surface area contributed by atoms with Gasteiger partial charge in [0.25, 0.3) is 0 Å². The maximum Gasteiger partial charge on any atom is 0.137 e. The minimum absolute atomic E-state index is 0.196. The third kappa shape index (κ3) is 3.86. The number of nitrogens with one attached hydrogen (secondary N) is 2. The number of hydrogen-bond donors (Lipinski definition) is 2. The average Bonchev–Trinajstić information content (AvgIpc) is 3.29. The summed E-state index contributed by atoms with van der Waals surface area (Å²) in [5.41, 5.74) is 7.95. The Hall–Kier alpha value is -3.40. The van der Waals surface area contributed by atoms with Gasteiger partial charge in [-0.05, 0) is 47.4 Å². The molecule has 0 radical (unpaired) electrons. The summed E-state index contributed by atoms with van der Waals surface area (Å²) in [5, 5.41) is 4.55. The number of allylic oxidation sites excluding steroid dienone is 4. The summed E-state index contributed by atoms with van der Waals surface area (Å²) in [5.74, 6) is -0.196. The van der Waals surface area contributed by atoms with Crippen LogP contribution in [0.5, 0.6) is 0 Å². The highest BCUT2D eigenvalue weighted by Gasteiger charge is 2.25. The molecule has 0 atom stereocenters. The molecule has 2 heterocycles. The number of halogens is 1. The molecule has 1 aliphatic carbocycles. The molecule has 4 rings (SSSR count). The standard InChI is InChI=1S/C26H26FN3/c1-4-8-17(2)25-18(3)20(13-21-16-30-26-22(21)10-7-12-28-26)14-24(25)29-15-19-9-5-6-11-23(19)27/h5-7,9-13,16,29H,2-4,8,14-15H2,1H3,(H,28,30)/b20-13+. The number of fused-ring (bicyclic) bond motifs is 1. The van der Waals surface area contributed by atoms with Crippen LogP contribution in [-0.2, 0) is 6.54 Å². The molecule has 0 aliphatic heterocycles. The molecule has 2 N–H and O–H groups in total. The Morgan fingerprint density at radius 1 is 1.27 bits per heavy atom. The van der Waals surface area contributed by atoms with Gasteiger partial charge in [-0.1, -0.05) is 44.7 Å². The second-order valence-electron chi connectivity index (χ2n) is 7.62. The van der Waals surface area contributed by atoms with E-state index in [0.29, 0.717) is 12.1 Å². The maximum absolute atomic E-state index is 14.1. The Balaban J connectivity index is 1.64. The van der Waals surface area contributed by atoms with Gasteiger partial charge in [-0.15, -0.1) is 0 Å². The quantitative estimate of drug-likeness (QED) is 0.480. The first kappa shape index (κ1) is 19.9. The van der Waals surface area contributed by atoms with Crippen LogP contribution in [0.3, 0.4) is 0 Å². The van der Waals surface area contributed by atoms with E-state index in [-0.39, 0.29) is 5.82 Å². The Morgan fingerprint density at radius 2 is 2.10 bits per heavy atom. The zero-order valence-electron chi connectivity index (χ0n) is 17.3. The first-order valence-electron chi connectivity index (χ1n) is 10.3. The van der Waals surface area contributed by atoms with Crippen LogP contribution in [0.2, 0.25) is 0 Å². The van der Waals surface area contributed by atoms with E-state index in [2.05, 4.69) is 47.5 Å². The summed E-state index contributed by atoms with van der Waals surface area (Å²) in [6, 6.07) is 10.9. The first-order chi connectivity index (χ1) is 14.6. The molecule has 152 valence electrons. The molecular weight excluding hydrogens is 373 g/mol. The second-order valence-corrected chi connectivity index (χ2v) is 7.62. The Labute approximate surface area is 176 Å². The lowest BCUT2D eigenvalue weighted by Crippen LogP contribution is -2.14. The van der Waals surface area contributed by atoms with Crippen molar-refractivity contribution in [3.63, 3.8) is 0 Å². The van der Waals surface area contributed by atoms with Gasteiger partial charge in [-0.2, -0.15) is 0 Å². The fourth-order valence-corrected chi connectivity index (χ4v) is 4.00. The topological polar surface area (TPSA) is 40.7 Å². The fraction of sp³-hybridized carbons (Fsp3) is 0.192. The molecule has 4 heteroatoms. The van der Waals surface area contributed by atoms with E-state index in [4.69, 9.17) is 0 Å². The lowest BCUT2D eigenvalue weighted by Gasteiger charge is -2.13. The Morgan fingerprint density at radius 3 is 2.90 bits per heavy atom. The molecule has 1 aromatic carbocycles. The van der Waals surface area contributed by atoms with E-state index in [1.807, 2.05) is 24.4 Å². The highest BCUT2D eigenvalue weighted by molar-refractivity contribution is 5.88. The van der Waals surface area contributed by atoms with Gasteiger partial charge < -0.3 is 10.3 Å². The number of nitrogens with zero attached hydrogens (tertiary/aromatic N) is 1. The molecule has 0 unspecified atom stereocenters. The van der Waals surface area contributed by atoms with E-state index in [1.54, 1.807) is 12.3 Å². The van der Waals surface area contributed by atoms with Gasteiger partial charge in [-0.25, -0.2) is 9.37 Å². The van der Waals surface area contributed by atoms with E-state index in [0.717, 1.165) is 63.8 Å². The van der Waals surface area contributed by atoms with Crippen molar-refractivity contribution >= 4 is 17.1 Å². The number of benzene rings is 1. The van der Waals surface area contributed by atoms with Crippen LogP contribution in [0.1, 0.15) is 37.3 Å². The van der Waals surface area contributed by atoms with Crippen LogP contribution in [0.4, 0.5) is 4.39 Å². The summed E-state index contributed by atoms with van der Waals surface area (Å²) >= 11 is 0. The van der Waals surface area contributed by atoms with Crippen molar-refractivity contribution in [3.8, 4) is 0 Å². The maximum atomic E-state index is 14.1. The van der Waals surface area contributed by atoms with E-state index >= 15 is 0 Å². The van der Waals surface area contributed by atoms with Crippen LogP contribution in [-0.4, -0.2) is 9.97 Å². The van der Waals surface area contributed by atoms with Crippen molar-refractivity contribution in [3.05, 3.63) is 107 Å². The molecule has 3 aromatic rings. The van der Waals surface area contributed by atoms with E-state index in [9.17, 15) is 4.39 Å². The van der Waals surface area contributed by atoms with Gasteiger partial charge in [0.15, 0.2) is 0 Å². The van der Waals surface area contributed by atoms with Crippen molar-refractivity contribution in [1.29, 1.82) is 0 Å². The van der Waals surface area contributed by atoms with E-state index < -0.39 is 0 Å². The summed E-state index contributed by atoms with van der Waals surface area (Å²) in [6.07, 6.45) is 8.57. The van der Waals surface area contributed by atoms with Gasteiger partial charge in [0.2, 0.25) is 0 Å². The van der Waals surface area contributed by atoms with Crippen LogP contribution in [0.25, 0.3) is 17.1 Å². The number of hydrogen-bond acceptors (Lipinski definition) is 2. The zero-order chi connectivity index (χ0) is 21.1. The molecule has 0 spiro atoms. The molecule has 0 saturated carbocycles. The Kier molecular flexibility index (Phi) is 5.66. The van der Waals surface area contributed by atoms with E-state index in [1.165, 1.54) is 6.07 Å². The monoisotopic (exact) mass is 399 g/mol. The number of aromatic amines is 1. The van der Waals surface area contributed by atoms with Gasteiger partial charge >= 0.3 is 0 Å². The van der Waals surface area contributed by atoms with Gasteiger partial charge in [-0.3, -0.25) is 0 Å². The van der Waals surface area contributed by atoms with Crippen LogP contribution >= 0.6 is 0 Å². The van der Waals surface area contributed by atoms with Crippen molar-refractivity contribution in [2.75, 3.05) is 0 Å². The van der Waals surface area contributed by atoms with Crippen molar-refractivity contribution in [1.82, 2.24) is 15.3 Å². The molecule has 0 saturated heterocycles. The highest BCUT2D eigenvalue weighted by atomic mass is 19.1. The molecule has 3 nitrogen and oxygen atoms in total. The highest BCUT2D eigenvalue weighted by Crippen LogP contribution is 2.40. The predicted molar refractivity (Wildman–Crippen MR) is 122 cm³/mol. The van der Waals surface area contributed by atoms with Crippen LogP contribution < -0.4 is 5.32 Å². The number of pyridine rings is 1. The molecule has 0 bridgehead atoms. The third-order valence-electron chi connectivity index (χ3n) is 5.53. The molecule has 2 aromatic heterocycles. The van der Waals surface area contributed by atoms with Crippen LogP contribution in [0.15, 0.2) is 89.9 Å². The van der Waals surface area contributed by atoms with Crippen molar-refractivity contribution in [2.24, 2.45) is 0 Å². The molecule has 0 fully saturated rings. The lowest BCUT2D eigenvalue weighted by atomic mass is 9.96. The Bertz CT molecular complexity index is 1180. The van der Waals surface area contributed by atoms with Crippen molar-refractivity contribution in [2.45, 2.75) is 32.7 Å². The summed E-state index contributed by atoms with van der Waals surface area (Å²) in [7, 11) is 0. The normalized spacial score (nSPS) is 15.4. The minimum atomic E-state index is -0.196. The number of H-pyrrole nitrogens is 1. The summed E-state index contributed by atoms with van der Waals surface area (Å²) in [6.45, 7) is 11.3. The average molecular weight is 400 g/mol. The second kappa shape index (κ2) is 8.54. The smallest absolute Gasteiger partial charge is 0.137 e. The largest absolute Gasteiger partial charge is 0.383 e. The SMILES string of the molecule is C=C(CCC)C1=C(NCc2ccccc2F)C/C(=C\c2c[nH]c3ncccc23)C1=C. The lowest BCUT2D eigenvalue weighted by molar-refractivity contribution is 0.600. The molecule has 0 amide bonds. The predicted octanol–water partition coefficient (Wildman–Crippen LogP) is 6.45. The molecular formula is C26H26FN3. The van der Waals surface area contributed by atoms with Gasteiger partial charge in [0.1, 0.15) is 11.5 Å². The number of rotatable bonds is 7. The zero-order valence-corrected chi connectivity index (χ0v) is 17.3. The fourth-order valence-electron chi connectivity index (χ4n) is 4.00. The third-order valence-corrected chi connectivity index (χ3v) is 5.53. The molecule has 1 aliphatic rings.